The number of para-hydroxylation sites is 1. The maximum absolute atomic E-state index is 12.1. The Kier molecular flexibility index (Phi) is 5.61. The van der Waals surface area contributed by atoms with Crippen LogP contribution in [0.5, 0.6) is 0 Å². The van der Waals surface area contributed by atoms with Gasteiger partial charge in [-0.1, -0.05) is 35.9 Å². The van der Waals surface area contributed by atoms with E-state index in [0.29, 0.717) is 32.8 Å². The van der Waals surface area contributed by atoms with Crippen molar-refractivity contribution in [1.82, 2.24) is 19.1 Å². The Hall–Kier alpha value is -3.08. The number of halogens is 1. The van der Waals surface area contributed by atoms with Crippen LogP contribution in [0.25, 0.3) is 27.8 Å². The van der Waals surface area contributed by atoms with Crippen LogP contribution < -0.4 is 0 Å². The van der Waals surface area contributed by atoms with Crippen molar-refractivity contribution < 1.29 is 17.9 Å². The van der Waals surface area contributed by atoms with Crippen LogP contribution in [-0.2, 0) is 14.6 Å². The molecule has 158 valence electrons. The zero-order valence-corrected chi connectivity index (χ0v) is 18.7. The first-order valence-corrected chi connectivity index (χ1v) is 11.9. The lowest BCUT2D eigenvalue weighted by Crippen LogP contribution is -2.04. The summed E-state index contributed by atoms with van der Waals surface area (Å²) in [5, 5.41) is 5.25. The van der Waals surface area contributed by atoms with Crippen LogP contribution in [-0.4, -0.2) is 46.9 Å². The van der Waals surface area contributed by atoms with Crippen molar-refractivity contribution in [3.05, 3.63) is 65.3 Å². The first-order valence-electron chi connectivity index (χ1n) is 8.86. The Balaban J connectivity index is 1.83. The maximum Gasteiger partial charge on any atom is 0.358 e. The number of carbonyl (C=O) groups is 1. The Morgan fingerprint density at radius 1 is 1.13 bits per heavy atom. The van der Waals surface area contributed by atoms with Gasteiger partial charge in [-0.15, -0.1) is 0 Å². The number of ether oxygens (including phenoxy) is 1. The Labute approximate surface area is 187 Å². The molecule has 0 radical (unpaired) electrons. The van der Waals surface area contributed by atoms with E-state index in [2.05, 4.69) is 14.5 Å². The molecule has 2 aromatic carbocycles. The van der Waals surface area contributed by atoms with Gasteiger partial charge in [0.1, 0.15) is 5.69 Å². The molecule has 8 nitrogen and oxygen atoms in total. The molecule has 0 bridgehead atoms. The van der Waals surface area contributed by atoms with Gasteiger partial charge in [0.2, 0.25) is 0 Å². The molecule has 11 heteroatoms. The van der Waals surface area contributed by atoms with E-state index in [0.717, 1.165) is 17.8 Å². The highest BCUT2D eigenvalue weighted by Gasteiger charge is 2.21. The summed E-state index contributed by atoms with van der Waals surface area (Å²) < 4.78 is 34.4. The van der Waals surface area contributed by atoms with Gasteiger partial charge in [0, 0.05) is 17.9 Å². The Morgan fingerprint density at radius 2 is 1.90 bits per heavy atom. The lowest BCUT2D eigenvalue weighted by molar-refractivity contribution is 0.0593. The van der Waals surface area contributed by atoms with Crippen molar-refractivity contribution in [3.8, 4) is 27.8 Å². The summed E-state index contributed by atoms with van der Waals surface area (Å²) in [5.74, 6) is -0.241. The van der Waals surface area contributed by atoms with E-state index in [-0.39, 0.29) is 10.6 Å². The summed E-state index contributed by atoms with van der Waals surface area (Å²) in [6.45, 7) is 0. The first kappa shape index (κ1) is 21.2. The first-order chi connectivity index (χ1) is 14.8. The number of nitrogens with zero attached hydrogens (tertiary/aromatic N) is 4. The molecular weight excluding hydrogens is 460 g/mol. The lowest BCUT2D eigenvalue weighted by atomic mass is 10.2. The molecule has 0 aliphatic rings. The normalized spacial score (nSPS) is 11.5. The fourth-order valence-electron chi connectivity index (χ4n) is 2.86. The minimum atomic E-state index is -3.37. The highest BCUT2D eigenvalue weighted by molar-refractivity contribution is 7.90. The van der Waals surface area contributed by atoms with Gasteiger partial charge in [0.05, 0.1) is 22.7 Å². The van der Waals surface area contributed by atoms with Crippen LogP contribution in [0.3, 0.4) is 0 Å². The number of sulfone groups is 1. The molecule has 0 atom stereocenters. The van der Waals surface area contributed by atoms with Crippen molar-refractivity contribution in [2.45, 2.75) is 4.90 Å². The summed E-state index contributed by atoms with van der Waals surface area (Å²) in [4.78, 5) is 16.8. The molecular formula is C20H15ClN4O4S2. The average molecular weight is 475 g/mol. The number of hydrogen-bond acceptors (Lipinski definition) is 8. The smallest absolute Gasteiger partial charge is 0.358 e. The Morgan fingerprint density at radius 3 is 2.61 bits per heavy atom. The van der Waals surface area contributed by atoms with Crippen LogP contribution in [0, 0.1) is 0 Å². The topological polar surface area (TPSA) is 104 Å². The lowest BCUT2D eigenvalue weighted by Gasteiger charge is -2.07. The summed E-state index contributed by atoms with van der Waals surface area (Å²) >= 11 is 7.43. The van der Waals surface area contributed by atoms with Crippen molar-refractivity contribution in [2.75, 3.05) is 13.4 Å². The molecule has 4 rings (SSSR count). The zero-order chi connectivity index (χ0) is 22.2. The fraction of sp³-hybridized carbons (Fsp3) is 0.100. The number of hydrogen-bond donors (Lipinski definition) is 0. The number of esters is 1. The van der Waals surface area contributed by atoms with Crippen LogP contribution >= 0.6 is 23.1 Å². The summed E-state index contributed by atoms with van der Waals surface area (Å²) in [6.07, 6.45) is 1.14. The summed E-state index contributed by atoms with van der Waals surface area (Å²) in [7, 11) is -2.10. The number of aromatic nitrogens is 4. The third-order valence-corrected chi connectivity index (χ3v) is 6.52. The molecule has 2 aromatic heterocycles. The van der Waals surface area contributed by atoms with Gasteiger partial charge in [-0.2, -0.15) is 9.47 Å². The van der Waals surface area contributed by atoms with Crippen molar-refractivity contribution in [1.29, 1.82) is 0 Å². The highest BCUT2D eigenvalue weighted by atomic mass is 35.5. The zero-order valence-electron chi connectivity index (χ0n) is 16.3. The monoisotopic (exact) mass is 474 g/mol. The van der Waals surface area contributed by atoms with Gasteiger partial charge < -0.3 is 4.74 Å². The number of methoxy groups -OCH3 is 1. The quantitative estimate of drug-likeness (QED) is 0.404. The van der Waals surface area contributed by atoms with E-state index in [9.17, 15) is 13.2 Å². The summed E-state index contributed by atoms with van der Waals surface area (Å²) in [6, 6.07) is 15.0. The van der Waals surface area contributed by atoms with Crippen LogP contribution in [0.15, 0.2) is 59.5 Å². The molecule has 2 heterocycles. The van der Waals surface area contributed by atoms with E-state index in [1.807, 2.05) is 0 Å². The fourth-order valence-corrected chi connectivity index (χ4v) is 4.42. The highest BCUT2D eigenvalue weighted by Crippen LogP contribution is 2.31. The molecule has 4 aromatic rings. The molecule has 0 unspecified atom stereocenters. The maximum atomic E-state index is 12.1. The Bertz CT molecular complexity index is 1400. The molecule has 0 fully saturated rings. The standard InChI is InChI=1S/C20H15ClN4O4S2/c1-29-20(26)15-11-17(25(23-15)16-9-4-3-8-14(16)21)19-22-18(24-30-19)12-6-5-7-13(10-12)31(2,27)28/h3-11H,1-2H3. The molecule has 0 aliphatic heterocycles. The molecule has 0 spiro atoms. The van der Waals surface area contributed by atoms with Crippen LogP contribution in [0.1, 0.15) is 10.5 Å². The molecule has 31 heavy (non-hydrogen) atoms. The minimum Gasteiger partial charge on any atom is -0.464 e. The van der Waals surface area contributed by atoms with Gasteiger partial charge in [-0.25, -0.2) is 22.9 Å². The second-order valence-electron chi connectivity index (χ2n) is 6.49. The largest absolute Gasteiger partial charge is 0.464 e. The molecule has 0 amide bonds. The number of rotatable bonds is 5. The van der Waals surface area contributed by atoms with Gasteiger partial charge in [-0.3, -0.25) is 0 Å². The third kappa shape index (κ3) is 4.22. The number of carbonyl (C=O) groups excluding carboxylic acids is 1. The second kappa shape index (κ2) is 8.22. The SMILES string of the molecule is COC(=O)c1cc(-c2nc(-c3cccc(S(C)(=O)=O)c3)ns2)n(-c2ccccc2Cl)n1. The molecule has 0 aliphatic carbocycles. The minimum absolute atomic E-state index is 0.0910. The van der Waals surface area contributed by atoms with Gasteiger partial charge in [0.25, 0.3) is 0 Å². The van der Waals surface area contributed by atoms with Crippen molar-refractivity contribution >= 4 is 38.9 Å². The average Bonchev–Trinajstić information content (AvgIpc) is 3.40. The van der Waals surface area contributed by atoms with Crippen molar-refractivity contribution in [2.24, 2.45) is 0 Å². The van der Waals surface area contributed by atoms with Crippen LogP contribution in [0.2, 0.25) is 5.02 Å². The molecule has 0 saturated carbocycles. The van der Waals surface area contributed by atoms with E-state index in [4.69, 9.17) is 16.3 Å². The number of benzene rings is 2. The van der Waals surface area contributed by atoms with E-state index in [1.165, 1.54) is 23.9 Å². The second-order valence-corrected chi connectivity index (χ2v) is 9.67. The van der Waals surface area contributed by atoms with Gasteiger partial charge in [-0.05, 0) is 35.8 Å². The van der Waals surface area contributed by atoms with Crippen molar-refractivity contribution in [3.63, 3.8) is 0 Å². The van der Waals surface area contributed by atoms with Crippen LogP contribution in [0.4, 0.5) is 0 Å². The van der Waals surface area contributed by atoms with E-state index < -0.39 is 15.8 Å². The predicted octanol–water partition coefficient (Wildman–Crippen LogP) is 3.90. The summed E-state index contributed by atoms with van der Waals surface area (Å²) in [5.41, 5.74) is 1.71. The van der Waals surface area contributed by atoms with Gasteiger partial charge >= 0.3 is 5.97 Å². The van der Waals surface area contributed by atoms with E-state index in [1.54, 1.807) is 42.5 Å². The molecule has 0 N–H and O–H groups in total. The third-order valence-electron chi connectivity index (χ3n) is 4.35. The molecule has 0 saturated heterocycles. The predicted molar refractivity (Wildman–Crippen MR) is 117 cm³/mol. The van der Waals surface area contributed by atoms with E-state index >= 15 is 0 Å². The van der Waals surface area contributed by atoms with Gasteiger partial charge in [0.15, 0.2) is 26.4 Å².